The molecule has 1 atom stereocenters. The van der Waals surface area contributed by atoms with Crippen molar-refractivity contribution in [2.24, 2.45) is 5.92 Å². The number of amides is 1. The Morgan fingerprint density at radius 1 is 1.42 bits per heavy atom. The average molecular weight is 269 g/mol. The molecule has 1 amide bonds. The summed E-state index contributed by atoms with van der Waals surface area (Å²) in [6.45, 7) is 5.92. The van der Waals surface area contributed by atoms with Crippen molar-refractivity contribution >= 4 is 5.91 Å². The van der Waals surface area contributed by atoms with Gasteiger partial charge in [0.2, 0.25) is 0 Å². The lowest BCUT2D eigenvalue weighted by atomic mass is 10.1. The number of aliphatic hydroxyl groups is 1. The fourth-order valence-corrected chi connectivity index (χ4v) is 1.49. The van der Waals surface area contributed by atoms with Gasteiger partial charge < -0.3 is 15.2 Å². The van der Waals surface area contributed by atoms with Gasteiger partial charge in [0.1, 0.15) is 11.6 Å². The van der Waals surface area contributed by atoms with Gasteiger partial charge in [-0.25, -0.2) is 4.39 Å². The van der Waals surface area contributed by atoms with Crippen LogP contribution in [0.1, 0.15) is 32.4 Å². The Labute approximate surface area is 112 Å². The molecule has 1 aromatic carbocycles. The van der Waals surface area contributed by atoms with Crippen LogP contribution in [0.15, 0.2) is 18.2 Å². The van der Waals surface area contributed by atoms with Gasteiger partial charge in [0.05, 0.1) is 6.10 Å². The van der Waals surface area contributed by atoms with Crippen LogP contribution in [0.4, 0.5) is 4.39 Å². The van der Waals surface area contributed by atoms with Crippen LogP contribution in [0.2, 0.25) is 0 Å². The van der Waals surface area contributed by atoms with Gasteiger partial charge in [-0.05, 0) is 31.0 Å². The number of benzene rings is 1. The first-order valence-electron chi connectivity index (χ1n) is 6.27. The van der Waals surface area contributed by atoms with Crippen LogP contribution in [0.25, 0.3) is 0 Å². The van der Waals surface area contributed by atoms with Crippen LogP contribution in [0, 0.1) is 11.7 Å². The molecule has 0 heterocycles. The van der Waals surface area contributed by atoms with E-state index in [2.05, 4.69) is 5.32 Å². The van der Waals surface area contributed by atoms with Crippen molar-refractivity contribution in [3.05, 3.63) is 29.6 Å². The average Bonchev–Trinajstić information content (AvgIpc) is 2.34. The van der Waals surface area contributed by atoms with Gasteiger partial charge in [-0.1, -0.05) is 13.8 Å². The normalized spacial score (nSPS) is 12.3. The summed E-state index contributed by atoms with van der Waals surface area (Å²) in [5, 5.41) is 12.2. The smallest absolute Gasteiger partial charge is 0.257 e. The number of rotatable bonds is 6. The lowest BCUT2D eigenvalue weighted by Crippen LogP contribution is -2.31. The number of hydrogen-bond donors (Lipinski definition) is 2. The van der Waals surface area contributed by atoms with Crippen molar-refractivity contribution in [1.82, 2.24) is 5.32 Å². The molecule has 0 saturated carbocycles. The first kappa shape index (κ1) is 15.4. The molecule has 0 aliphatic heterocycles. The summed E-state index contributed by atoms with van der Waals surface area (Å²) in [4.78, 5) is 11.5. The van der Waals surface area contributed by atoms with Gasteiger partial charge in [-0.3, -0.25) is 4.79 Å². The number of ether oxygens (including phenoxy) is 1. The van der Waals surface area contributed by atoms with E-state index in [4.69, 9.17) is 4.74 Å². The highest BCUT2D eigenvalue weighted by molar-refractivity contribution is 5.77. The fourth-order valence-electron chi connectivity index (χ4n) is 1.49. The van der Waals surface area contributed by atoms with Crippen LogP contribution >= 0.6 is 0 Å². The summed E-state index contributed by atoms with van der Waals surface area (Å²) in [5.41, 5.74) is 0.330. The maximum atomic E-state index is 13.1. The molecule has 0 radical (unpaired) electrons. The highest BCUT2D eigenvalue weighted by Crippen LogP contribution is 2.25. The summed E-state index contributed by atoms with van der Waals surface area (Å²) in [7, 11) is 0. The quantitative estimate of drug-likeness (QED) is 0.830. The molecule has 0 aliphatic carbocycles. The summed E-state index contributed by atoms with van der Waals surface area (Å²) in [6.07, 6.45) is -0.857. The first-order valence-corrected chi connectivity index (χ1v) is 6.27. The Bertz CT molecular complexity index is 433. The van der Waals surface area contributed by atoms with Crippen molar-refractivity contribution < 1.29 is 19.0 Å². The molecule has 0 unspecified atom stereocenters. The third-order valence-corrected chi connectivity index (χ3v) is 2.49. The lowest BCUT2D eigenvalue weighted by Gasteiger charge is -2.14. The summed E-state index contributed by atoms with van der Waals surface area (Å²) in [6, 6.07) is 3.84. The van der Waals surface area contributed by atoms with Crippen LogP contribution in [0.5, 0.6) is 5.75 Å². The van der Waals surface area contributed by atoms with Crippen LogP contribution < -0.4 is 10.1 Å². The van der Waals surface area contributed by atoms with E-state index >= 15 is 0 Å². The summed E-state index contributed by atoms with van der Waals surface area (Å²) < 4.78 is 18.4. The largest absolute Gasteiger partial charge is 0.483 e. The molecule has 19 heavy (non-hydrogen) atoms. The van der Waals surface area contributed by atoms with Crippen molar-refractivity contribution in [3.63, 3.8) is 0 Å². The predicted octanol–water partition coefficient (Wildman–Crippen LogP) is 2.03. The molecule has 0 spiro atoms. The first-order chi connectivity index (χ1) is 8.90. The molecule has 106 valence electrons. The Balaban J connectivity index is 2.60. The van der Waals surface area contributed by atoms with Crippen LogP contribution in [-0.4, -0.2) is 24.2 Å². The molecule has 4 nitrogen and oxygen atoms in total. The van der Waals surface area contributed by atoms with Crippen molar-refractivity contribution in [1.29, 1.82) is 0 Å². The molecule has 5 heteroatoms. The Morgan fingerprint density at radius 3 is 2.68 bits per heavy atom. The second kappa shape index (κ2) is 7.09. The topological polar surface area (TPSA) is 58.6 Å². The van der Waals surface area contributed by atoms with E-state index in [0.717, 1.165) is 0 Å². The fraction of sp³-hybridized carbons (Fsp3) is 0.500. The molecule has 0 aromatic heterocycles. The summed E-state index contributed by atoms with van der Waals surface area (Å²) in [5.74, 6) is -0.0130. The standard InChI is InChI=1S/C14H20FNO3/c1-9(2)7-16-14(18)8-19-13-5-4-11(15)6-12(13)10(3)17/h4-6,9-10,17H,7-8H2,1-3H3,(H,16,18)/t10-/m0/s1. The minimum absolute atomic E-state index is 0.155. The lowest BCUT2D eigenvalue weighted by molar-refractivity contribution is -0.123. The SMILES string of the molecule is CC(C)CNC(=O)COc1ccc(F)cc1[C@H](C)O. The maximum Gasteiger partial charge on any atom is 0.257 e. The highest BCUT2D eigenvalue weighted by atomic mass is 19.1. The number of carbonyl (C=O) groups excluding carboxylic acids is 1. The predicted molar refractivity (Wildman–Crippen MR) is 70.4 cm³/mol. The Morgan fingerprint density at radius 2 is 2.11 bits per heavy atom. The second-order valence-electron chi connectivity index (χ2n) is 4.84. The Hall–Kier alpha value is -1.62. The van der Waals surface area contributed by atoms with Gasteiger partial charge >= 0.3 is 0 Å². The third kappa shape index (κ3) is 5.26. The van der Waals surface area contributed by atoms with Crippen molar-refractivity contribution in [2.45, 2.75) is 26.9 Å². The molecular weight excluding hydrogens is 249 g/mol. The van der Waals surface area contributed by atoms with Crippen LogP contribution in [0.3, 0.4) is 0 Å². The third-order valence-electron chi connectivity index (χ3n) is 2.49. The van der Waals surface area contributed by atoms with Gasteiger partial charge in [-0.2, -0.15) is 0 Å². The van der Waals surface area contributed by atoms with E-state index in [9.17, 15) is 14.3 Å². The van der Waals surface area contributed by atoms with E-state index < -0.39 is 11.9 Å². The minimum atomic E-state index is -0.857. The number of hydrogen-bond acceptors (Lipinski definition) is 3. The molecule has 0 bridgehead atoms. The van der Waals surface area contributed by atoms with Gasteiger partial charge in [0.15, 0.2) is 6.61 Å². The van der Waals surface area contributed by atoms with E-state index in [1.807, 2.05) is 13.8 Å². The molecular formula is C14H20FNO3. The number of nitrogens with one attached hydrogen (secondary N) is 1. The van der Waals surface area contributed by atoms with Crippen LogP contribution in [-0.2, 0) is 4.79 Å². The van der Waals surface area contributed by atoms with Crippen molar-refractivity contribution in [3.8, 4) is 5.75 Å². The Kier molecular flexibility index (Phi) is 5.76. The zero-order chi connectivity index (χ0) is 14.4. The molecule has 2 N–H and O–H groups in total. The van der Waals surface area contributed by atoms with E-state index in [1.165, 1.54) is 25.1 Å². The molecule has 0 aliphatic rings. The second-order valence-corrected chi connectivity index (χ2v) is 4.84. The molecule has 1 rings (SSSR count). The zero-order valence-electron chi connectivity index (χ0n) is 11.4. The molecule has 0 fully saturated rings. The minimum Gasteiger partial charge on any atom is -0.483 e. The zero-order valence-corrected chi connectivity index (χ0v) is 11.4. The molecule has 1 aromatic rings. The van der Waals surface area contributed by atoms with Gasteiger partial charge in [0.25, 0.3) is 5.91 Å². The van der Waals surface area contributed by atoms with Crippen molar-refractivity contribution in [2.75, 3.05) is 13.2 Å². The monoisotopic (exact) mass is 269 g/mol. The van der Waals surface area contributed by atoms with Gasteiger partial charge in [0, 0.05) is 12.1 Å². The van der Waals surface area contributed by atoms with E-state index in [0.29, 0.717) is 23.8 Å². The number of carbonyl (C=O) groups is 1. The van der Waals surface area contributed by atoms with Gasteiger partial charge in [-0.15, -0.1) is 0 Å². The molecule has 0 saturated heterocycles. The van der Waals surface area contributed by atoms with E-state index in [1.54, 1.807) is 0 Å². The maximum absolute atomic E-state index is 13.1. The highest BCUT2D eigenvalue weighted by Gasteiger charge is 2.12. The summed E-state index contributed by atoms with van der Waals surface area (Å²) >= 11 is 0. The number of aliphatic hydroxyl groups excluding tert-OH is 1. The number of halogens is 1. The van der Waals surface area contributed by atoms with E-state index in [-0.39, 0.29) is 12.5 Å².